The second-order valence-electron chi connectivity index (χ2n) is 7.70. The van der Waals surface area contributed by atoms with Crippen molar-refractivity contribution in [2.45, 2.75) is 20.0 Å². The van der Waals surface area contributed by atoms with E-state index in [1.807, 2.05) is 85.8 Å². The lowest BCUT2D eigenvalue weighted by Gasteiger charge is -2.17. The summed E-state index contributed by atoms with van der Waals surface area (Å²) in [6.45, 7) is 6.75. The highest BCUT2D eigenvalue weighted by Crippen LogP contribution is 2.39. The molecule has 1 amide bonds. The Morgan fingerprint density at radius 1 is 1.09 bits per heavy atom. The van der Waals surface area contributed by atoms with Gasteiger partial charge in [-0.2, -0.15) is 0 Å². The Balaban J connectivity index is 1.66. The molecule has 1 aliphatic heterocycles. The predicted octanol–water partition coefficient (Wildman–Crippen LogP) is 7.56. The van der Waals surface area contributed by atoms with E-state index >= 15 is 0 Å². The maximum absolute atomic E-state index is 13.2. The topological polar surface area (TPSA) is 38.8 Å². The number of allylic oxidation sites excluding steroid dienone is 1. The molecular formula is C28H24BrNO3S2. The van der Waals surface area contributed by atoms with Crippen molar-refractivity contribution in [1.29, 1.82) is 0 Å². The molecule has 3 aromatic rings. The summed E-state index contributed by atoms with van der Waals surface area (Å²) >= 11 is 10.2. The number of halogens is 1. The number of rotatable bonds is 9. The van der Waals surface area contributed by atoms with Gasteiger partial charge in [0.1, 0.15) is 6.61 Å². The molecule has 0 unspecified atom stereocenters. The highest BCUT2D eigenvalue weighted by Gasteiger charge is 2.33. The van der Waals surface area contributed by atoms with Gasteiger partial charge in [-0.15, -0.1) is 6.58 Å². The molecule has 0 radical (unpaired) electrons. The molecule has 0 N–H and O–H groups in total. The van der Waals surface area contributed by atoms with Crippen molar-refractivity contribution < 1.29 is 14.3 Å². The second kappa shape index (κ2) is 11.7. The number of anilines is 1. The minimum Gasteiger partial charge on any atom is -0.490 e. The minimum absolute atomic E-state index is 0.144. The van der Waals surface area contributed by atoms with Crippen LogP contribution < -0.4 is 14.4 Å². The highest BCUT2D eigenvalue weighted by atomic mass is 79.9. The Hall–Kier alpha value is -2.87. The zero-order valence-electron chi connectivity index (χ0n) is 19.2. The number of thioether (sulfide) groups is 1. The maximum Gasteiger partial charge on any atom is 0.270 e. The van der Waals surface area contributed by atoms with E-state index < -0.39 is 0 Å². The van der Waals surface area contributed by atoms with Crippen LogP contribution in [0, 0.1) is 0 Å². The fraction of sp³-hybridized carbons (Fsp3) is 0.143. The number of hydrogen-bond acceptors (Lipinski definition) is 5. The third kappa shape index (κ3) is 6.04. The number of benzene rings is 3. The first-order valence-corrected chi connectivity index (χ1v) is 13.1. The van der Waals surface area contributed by atoms with E-state index in [0.717, 1.165) is 26.9 Å². The fourth-order valence-electron chi connectivity index (χ4n) is 3.66. The van der Waals surface area contributed by atoms with Crippen LogP contribution in [-0.4, -0.2) is 16.8 Å². The summed E-state index contributed by atoms with van der Waals surface area (Å²) in [6.07, 6.45) is 4.29. The Labute approximate surface area is 223 Å². The first-order valence-electron chi connectivity index (χ1n) is 11.1. The first-order chi connectivity index (χ1) is 17.0. The smallest absolute Gasteiger partial charge is 0.270 e. The normalized spacial score (nSPS) is 14.5. The van der Waals surface area contributed by atoms with Crippen LogP contribution in [0.1, 0.15) is 23.6 Å². The molecule has 0 bridgehead atoms. The van der Waals surface area contributed by atoms with Crippen molar-refractivity contribution >= 4 is 61.9 Å². The molecule has 35 heavy (non-hydrogen) atoms. The SMILES string of the molecule is C=CCc1cc(C=C2SC(=S)N(c3ccc(Br)cc3)C2=O)cc(OCC)c1OCc1ccccc1. The van der Waals surface area contributed by atoms with Gasteiger partial charge in [0.15, 0.2) is 15.8 Å². The minimum atomic E-state index is -0.144. The van der Waals surface area contributed by atoms with Crippen LogP contribution in [0.15, 0.2) is 88.8 Å². The van der Waals surface area contributed by atoms with Crippen LogP contribution in [0.2, 0.25) is 0 Å². The Bertz CT molecular complexity index is 1270. The lowest BCUT2D eigenvalue weighted by molar-refractivity contribution is -0.113. The molecule has 1 aliphatic rings. The van der Waals surface area contributed by atoms with E-state index in [1.54, 1.807) is 4.90 Å². The van der Waals surface area contributed by atoms with Gasteiger partial charge in [-0.05, 0) is 66.9 Å². The van der Waals surface area contributed by atoms with E-state index in [1.165, 1.54) is 11.8 Å². The standard InChI is InChI=1S/C28H24BrNO3S2/c1-3-8-21-15-20(16-24(32-4-2)26(21)33-18-19-9-6-5-7-10-19)17-25-27(31)30(28(34)35-25)23-13-11-22(29)12-14-23/h3,5-7,9-17H,1,4,8,18H2,2H3. The van der Waals surface area contributed by atoms with Gasteiger partial charge in [0.2, 0.25) is 0 Å². The quantitative estimate of drug-likeness (QED) is 0.152. The van der Waals surface area contributed by atoms with E-state index in [0.29, 0.717) is 40.4 Å². The van der Waals surface area contributed by atoms with Gasteiger partial charge in [-0.25, -0.2) is 0 Å². The molecule has 4 rings (SSSR count). The molecule has 0 aromatic heterocycles. The van der Waals surface area contributed by atoms with Gasteiger partial charge in [-0.1, -0.05) is 76.3 Å². The third-order valence-corrected chi connectivity index (χ3v) is 7.05. The van der Waals surface area contributed by atoms with E-state index in [9.17, 15) is 4.79 Å². The van der Waals surface area contributed by atoms with Crippen LogP contribution in [-0.2, 0) is 17.8 Å². The molecule has 3 aromatic carbocycles. The van der Waals surface area contributed by atoms with Gasteiger partial charge >= 0.3 is 0 Å². The van der Waals surface area contributed by atoms with Crippen molar-refractivity contribution in [2.75, 3.05) is 11.5 Å². The summed E-state index contributed by atoms with van der Waals surface area (Å²) in [5.41, 5.74) is 3.59. The molecule has 4 nitrogen and oxygen atoms in total. The molecule has 0 aliphatic carbocycles. The molecule has 178 valence electrons. The molecule has 1 heterocycles. The summed E-state index contributed by atoms with van der Waals surface area (Å²) < 4.78 is 13.6. The van der Waals surface area contributed by atoms with Crippen LogP contribution >= 0.6 is 39.9 Å². The molecule has 1 saturated heterocycles. The van der Waals surface area contributed by atoms with Crippen molar-refractivity contribution in [3.8, 4) is 11.5 Å². The summed E-state index contributed by atoms with van der Waals surface area (Å²) in [7, 11) is 0. The Kier molecular flexibility index (Phi) is 8.44. The average Bonchev–Trinajstić information content (AvgIpc) is 3.13. The van der Waals surface area contributed by atoms with Crippen molar-refractivity contribution in [3.05, 3.63) is 105 Å². The Morgan fingerprint density at radius 2 is 1.83 bits per heavy atom. The highest BCUT2D eigenvalue weighted by molar-refractivity contribution is 9.10. The van der Waals surface area contributed by atoms with Gasteiger partial charge in [0.25, 0.3) is 5.91 Å². The number of carbonyl (C=O) groups is 1. The predicted molar refractivity (Wildman–Crippen MR) is 152 cm³/mol. The van der Waals surface area contributed by atoms with Crippen LogP contribution in [0.4, 0.5) is 5.69 Å². The molecule has 1 fully saturated rings. The molecule has 0 spiro atoms. The van der Waals surface area contributed by atoms with Crippen molar-refractivity contribution in [2.24, 2.45) is 0 Å². The molecule has 7 heteroatoms. The van der Waals surface area contributed by atoms with Crippen molar-refractivity contribution in [3.63, 3.8) is 0 Å². The van der Waals surface area contributed by atoms with E-state index in [4.69, 9.17) is 21.7 Å². The number of amides is 1. The summed E-state index contributed by atoms with van der Waals surface area (Å²) in [5.74, 6) is 1.18. The maximum atomic E-state index is 13.2. The lowest BCUT2D eigenvalue weighted by Crippen LogP contribution is -2.27. The number of hydrogen-bond donors (Lipinski definition) is 0. The number of nitrogens with zero attached hydrogens (tertiary/aromatic N) is 1. The van der Waals surface area contributed by atoms with Gasteiger partial charge in [0, 0.05) is 10.0 Å². The van der Waals surface area contributed by atoms with Crippen LogP contribution in [0.25, 0.3) is 6.08 Å². The van der Waals surface area contributed by atoms with Gasteiger partial charge in [0.05, 0.1) is 17.2 Å². The number of thiocarbonyl (C=S) groups is 1. The molecule has 0 saturated carbocycles. The summed E-state index contributed by atoms with van der Waals surface area (Å²) in [4.78, 5) is 15.3. The molecule has 0 atom stereocenters. The van der Waals surface area contributed by atoms with Crippen LogP contribution in [0.5, 0.6) is 11.5 Å². The van der Waals surface area contributed by atoms with Gasteiger partial charge < -0.3 is 9.47 Å². The zero-order valence-corrected chi connectivity index (χ0v) is 22.4. The fourth-order valence-corrected chi connectivity index (χ4v) is 5.23. The largest absolute Gasteiger partial charge is 0.490 e. The van der Waals surface area contributed by atoms with E-state index in [-0.39, 0.29) is 5.91 Å². The third-order valence-electron chi connectivity index (χ3n) is 5.22. The Morgan fingerprint density at radius 3 is 2.51 bits per heavy atom. The van der Waals surface area contributed by atoms with Gasteiger partial charge in [-0.3, -0.25) is 9.69 Å². The summed E-state index contributed by atoms with van der Waals surface area (Å²) in [5, 5.41) is 0. The van der Waals surface area contributed by atoms with Crippen molar-refractivity contribution in [1.82, 2.24) is 0 Å². The number of ether oxygens (including phenoxy) is 2. The number of carbonyl (C=O) groups excluding carboxylic acids is 1. The summed E-state index contributed by atoms with van der Waals surface area (Å²) in [6, 6.07) is 21.4. The first kappa shape index (κ1) is 25.2. The average molecular weight is 567 g/mol. The van der Waals surface area contributed by atoms with E-state index in [2.05, 4.69) is 22.5 Å². The monoisotopic (exact) mass is 565 g/mol. The second-order valence-corrected chi connectivity index (χ2v) is 10.3. The lowest BCUT2D eigenvalue weighted by atomic mass is 10.0. The molecular weight excluding hydrogens is 542 g/mol. The van der Waals surface area contributed by atoms with Crippen LogP contribution in [0.3, 0.4) is 0 Å². The zero-order chi connectivity index (χ0) is 24.8.